The molecule has 0 aromatic heterocycles. The lowest BCUT2D eigenvalue weighted by Gasteiger charge is -2.18. The third kappa shape index (κ3) is 4.11. The minimum absolute atomic E-state index is 0.697. The molecule has 19 heavy (non-hydrogen) atoms. The van der Waals surface area contributed by atoms with Crippen molar-refractivity contribution < 1.29 is 4.74 Å². The maximum absolute atomic E-state index is 6.01. The first-order chi connectivity index (χ1) is 9.24. The van der Waals surface area contributed by atoms with Crippen molar-refractivity contribution in [2.45, 2.75) is 25.8 Å². The van der Waals surface area contributed by atoms with Crippen LogP contribution in [0.3, 0.4) is 0 Å². The van der Waals surface area contributed by atoms with Crippen LogP contribution in [0.2, 0.25) is 0 Å². The molecule has 2 nitrogen and oxygen atoms in total. The standard InChI is InChI=1S/C15H21BrClNO/c1-19-14-5-6-15(16)13(7-14)10-18-9-12-4-2-3-11(12)8-17/h5-7,11-12,18H,2-4,8-10H2,1H3. The highest BCUT2D eigenvalue weighted by molar-refractivity contribution is 9.10. The third-order valence-corrected chi connectivity index (χ3v) is 5.16. The van der Waals surface area contributed by atoms with Gasteiger partial charge in [-0.3, -0.25) is 0 Å². The van der Waals surface area contributed by atoms with Gasteiger partial charge in [0.05, 0.1) is 7.11 Å². The van der Waals surface area contributed by atoms with Crippen molar-refractivity contribution in [3.63, 3.8) is 0 Å². The molecule has 2 atom stereocenters. The molecular formula is C15H21BrClNO. The predicted octanol–water partition coefficient (Wildman–Crippen LogP) is 4.20. The number of nitrogens with one attached hydrogen (secondary N) is 1. The van der Waals surface area contributed by atoms with Crippen LogP contribution >= 0.6 is 27.5 Å². The summed E-state index contributed by atoms with van der Waals surface area (Å²) in [4.78, 5) is 0. The summed E-state index contributed by atoms with van der Waals surface area (Å²) in [5.41, 5.74) is 1.24. The van der Waals surface area contributed by atoms with Crippen LogP contribution < -0.4 is 10.1 Å². The molecule has 0 saturated heterocycles. The Bertz CT molecular complexity index is 413. The average molecular weight is 347 g/mol. The molecule has 0 amide bonds. The molecule has 1 aromatic rings. The van der Waals surface area contributed by atoms with E-state index in [-0.39, 0.29) is 0 Å². The smallest absolute Gasteiger partial charge is 0.119 e. The van der Waals surface area contributed by atoms with Crippen LogP contribution in [0.25, 0.3) is 0 Å². The van der Waals surface area contributed by atoms with Gasteiger partial charge in [-0.05, 0) is 55.0 Å². The SMILES string of the molecule is COc1ccc(Br)c(CNCC2CCCC2CCl)c1. The maximum atomic E-state index is 6.01. The monoisotopic (exact) mass is 345 g/mol. The van der Waals surface area contributed by atoms with E-state index in [2.05, 4.69) is 27.3 Å². The van der Waals surface area contributed by atoms with Gasteiger partial charge in [0.15, 0.2) is 0 Å². The summed E-state index contributed by atoms with van der Waals surface area (Å²) >= 11 is 9.59. The van der Waals surface area contributed by atoms with Gasteiger partial charge in [-0.25, -0.2) is 0 Å². The van der Waals surface area contributed by atoms with E-state index in [1.807, 2.05) is 12.1 Å². The lowest BCUT2D eigenvalue weighted by Crippen LogP contribution is -2.25. The first-order valence-electron chi connectivity index (χ1n) is 6.83. The summed E-state index contributed by atoms with van der Waals surface area (Å²) < 4.78 is 6.38. The van der Waals surface area contributed by atoms with E-state index in [1.165, 1.54) is 24.8 Å². The van der Waals surface area contributed by atoms with Crippen LogP contribution in [-0.2, 0) is 6.54 Å². The molecule has 1 aliphatic rings. The number of alkyl halides is 1. The minimum atomic E-state index is 0.697. The third-order valence-electron chi connectivity index (χ3n) is 3.99. The Balaban J connectivity index is 1.85. The molecule has 2 unspecified atom stereocenters. The lowest BCUT2D eigenvalue weighted by atomic mass is 9.98. The number of hydrogen-bond acceptors (Lipinski definition) is 2. The number of benzene rings is 1. The maximum Gasteiger partial charge on any atom is 0.119 e. The molecule has 106 valence electrons. The highest BCUT2D eigenvalue weighted by Gasteiger charge is 2.25. The Morgan fingerprint density at radius 2 is 2.16 bits per heavy atom. The van der Waals surface area contributed by atoms with Gasteiger partial charge in [-0.2, -0.15) is 0 Å². The number of rotatable bonds is 6. The molecule has 4 heteroatoms. The van der Waals surface area contributed by atoms with Gasteiger partial charge < -0.3 is 10.1 Å². The van der Waals surface area contributed by atoms with Crippen molar-refractivity contribution >= 4 is 27.5 Å². The molecule has 1 aliphatic carbocycles. The zero-order valence-electron chi connectivity index (χ0n) is 11.3. The molecule has 1 aromatic carbocycles. The van der Waals surface area contributed by atoms with E-state index in [4.69, 9.17) is 16.3 Å². The van der Waals surface area contributed by atoms with Crippen LogP contribution in [0.15, 0.2) is 22.7 Å². The summed E-state index contributed by atoms with van der Waals surface area (Å²) in [5, 5.41) is 3.56. The number of ether oxygens (including phenoxy) is 1. The van der Waals surface area contributed by atoms with E-state index in [9.17, 15) is 0 Å². The quantitative estimate of drug-likeness (QED) is 0.779. The fraction of sp³-hybridized carbons (Fsp3) is 0.600. The van der Waals surface area contributed by atoms with Gasteiger partial charge in [0.1, 0.15) is 5.75 Å². The van der Waals surface area contributed by atoms with E-state index < -0.39 is 0 Å². The number of halogens is 2. The van der Waals surface area contributed by atoms with Crippen molar-refractivity contribution in [1.29, 1.82) is 0 Å². The molecule has 1 saturated carbocycles. The molecule has 0 radical (unpaired) electrons. The van der Waals surface area contributed by atoms with E-state index in [1.54, 1.807) is 7.11 Å². The minimum Gasteiger partial charge on any atom is -0.497 e. The van der Waals surface area contributed by atoms with Gasteiger partial charge in [0.25, 0.3) is 0 Å². The number of hydrogen-bond donors (Lipinski definition) is 1. The van der Waals surface area contributed by atoms with Gasteiger partial charge in [-0.1, -0.05) is 22.4 Å². The highest BCUT2D eigenvalue weighted by Crippen LogP contribution is 2.32. The predicted molar refractivity (Wildman–Crippen MR) is 84.0 cm³/mol. The zero-order valence-corrected chi connectivity index (χ0v) is 13.6. The normalized spacial score (nSPS) is 22.7. The molecule has 0 spiro atoms. The Kier molecular flexibility index (Phi) is 5.99. The zero-order chi connectivity index (χ0) is 13.7. The van der Waals surface area contributed by atoms with Crippen molar-refractivity contribution in [3.05, 3.63) is 28.2 Å². The Hall–Kier alpha value is -0.250. The second-order valence-corrected chi connectivity index (χ2v) is 6.36. The van der Waals surface area contributed by atoms with Crippen LogP contribution in [-0.4, -0.2) is 19.5 Å². The van der Waals surface area contributed by atoms with Crippen molar-refractivity contribution in [2.24, 2.45) is 11.8 Å². The van der Waals surface area contributed by atoms with Gasteiger partial charge in [0, 0.05) is 16.9 Å². The number of methoxy groups -OCH3 is 1. The molecule has 0 bridgehead atoms. The van der Waals surface area contributed by atoms with Crippen molar-refractivity contribution in [3.8, 4) is 5.75 Å². The first-order valence-corrected chi connectivity index (χ1v) is 8.16. The Morgan fingerprint density at radius 3 is 2.89 bits per heavy atom. The van der Waals surface area contributed by atoms with Gasteiger partial charge in [-0.15, -0.1) is 11.6 Å². The molecule has 1 fully saturated rings. The first kappa shape index (κ1) is 15.1. The average Bonchev–Trinajstić information content (AvgIpc) is 2.88. The Labute approximate surface area is 129 Å². The second kappa shape index (κ2) is 7.51. The summed E-state index contributed by atoms with van der Waals surface area (Å²) in [7, 11) is 1.70. The Morgan fingerprint density at radius 1 is 1.37 bits per heavy atom. The lowest BCUT2D eigenvalue weighted by molar-refractivity contribution is 0.394. The summed E-state index contributed by atoms with van der Waals surface area (Å²) in [6.45, 7) is 1.92. The molecule has 2 rings (SSSR count). The van der Waals surface area contributed by atoms with Crippen LogP contribution in [0.4, 0.5) is 0 Å². The van der Waals surface area contributed by atoms with Crippen molar-refractivity contribution in [2.75, 3.05) is 19.5 Å². The summed E-state index contributed by atoms with van der Waals surface area (Å²) in [6.07, 6.45) is 3.93. The van der Waals surface area contributed by atoms with E-state index in [0.29, 0.717) is 5.92 Å². The van der Waals surface area contributed by atoms with Crippen LogP contribution in [0.1, 0.15) is 24.8 Å². The summed E-state index contributed by atoms with van der Waals surface area (Å²) in [6, 6.07) is 6.08. The molecular weight excluding hydrogens is 326 g/mol. The fourth-order valence-electron chi connectivity index (χ4n) is 2.79. The van der Waals surface area contributed by atoms with Crippen LogP contribution in [0, 0.1) is 11.8 Å². The fourth-order valence-corrected chi connectivity index (χ4v) is 3.58. The molecule has 1 N–H and O–H groups in total. The molecule has 0 aliphatic heterocycles. The molecule has 0 heterocycles. The van der Waals surface area contributed by atoms with Gasteiger partial charge in [0.2, 0.25) is 0 Å². The largest absolute Gasteiger partial charge is 0.497 e. The second-order valence-electron chi connectivity index (χ2n) is 5.19. The van der Waals surface area contributed by atoms with Gasteiger partial charge >= 0.3 is 0 Å². The van der Waals surface area contributed by atoms with E-state index in [0.717, 1.165) is 35.1 Å². The topological polar surface area (TPSA) is 21.3 Å². The van der Waals surface area contributed by atoms with Crippen molar-refractivity contribution in [1.82, 2.24) is 5.32 Å². The highest BCUT2D eigenvalue weighted by atomic mass is 79.9. The van der Waals surface area contributed by atoms with E-state index >= 15 is 0 Å². The summed E-state index contributed by atoms with van der Waals surface area (Å²) in [5.74, 6) is 3.14. The van der Waals surface area contributed by atoms with Crippen LogP contribution in [0.5, 0.6) is 5.75 Å².